The fraction of sp³-hybridized carbons (Fsp3) is 0.238. The number of hydrogen-bond donors (Lipinski definition) is 1. The summed E-state index contributed by atoms with van der Waals surface area (Å²) in [7, 11) is -3.88. The normalized spacial score (nSPS) is 14.6. The second-order valence-corrected chi connectivity index (χ2v) is 9.31. The highest BCUT2D eigenvalue weighted by atomic mass is 35.5. The number of halogens is 1. The number of anilines is 1. The Hall–Kier alpha value is -3.32. The topological polar surface area (TPSA) is 145 Å². The number of nitro benzene ring substituents is 1. The van der Waals surface area contributed by atoms with Gasteiger partial charge in [-0.1, -0.05) is 11.6 Å². The van der Waals surface area contributed by atoms with Crippen molar-refractivity contribution in [2.24, 2.45) is 0 Å². The Morgan fingerprint density at radius 2 is 1.85 bits per heavy atom. The summed E-state index contributed by atoms with van der Waals surface area (Å²) in [6.07, 6.45) is 2.45. The zero-order valence-corrected chi connectivity index (χ0v) is 19.3. The smallest absolute Gasteiger partial charge is 0.331 e. The highest BCUT2D eigenvalue weighted by molar-refractivity contribution is 7.89. The van der Waals surface area contributed by atoms with E-state index in [9.17, 15) is 28.1 Å². The van der Waals surface area contributed by atoms with Crippen LogP contribution in [0.1, 0.15) is 5.56 Å². The Morgan fingerprint density at radius 3 is 2.50 bits per heavy atom. The highest BCUT2D eigenvalue weighted by Crippen LogP contribution is 2.28. The van der Waals surface area contributed by atoms with Gasteiger partial charge in [-0.3, -0.25) is 14.9 Å². The lowest BCUT2D eigenvalue weighted by Crippen LogP contribution is -2.40. The number of carbonyl (C=O) groups is 2. The summed E-state index contributed by atoms with van der Waals surface area (Å²) in [5.74, 6) is -1.49. The van der Waals surface area contributed by atoms with Gasteiger partial charge >= 0.3 is 5.97 Å². The molecular weight excluding hydrogens is 490 g/mol. The van der Waals surface area contributed by atoms with Crippen LogP contribution in [0.5, 0.6) is 0 Å². The molecule has 1 fully saturated rings. The number of rotatable bonds is 8. The minimum absolute atomic E-state index is 0.00676. The third-order valence-electron chi connectivity index (χ3n) is 4.66. The Morgan fingerprint density at radius 1 is 1.18 bits per heavy atom. The highest BCUT2D eigenvalue weighted by Gasteiger charge is 2.28. The van der Waals surface area contributed by atoms with Crippen molar-refractivity contribution < 1.29 is 32.4 Å². The SMILES string of the molecule is O=C(COC(=O)/C=C/c1ccc([N+](=O)[O-])cc1)Nc1ccc(Cl)c(S(=O)(=O)N2CCOCC2)c1. The maximum absolute atomic E-state index is 12.9. The van der Waals surface area contributed by atoms with Crippen molar-refractivity contribution in [1.29, 1.82) is 0 Å². The summed E-state index contributed by atoms with van der Waals surface area (Å²) >= 11 is 6.09. The molecule has 0 bridgehead atoms. The molecule has 13 heteroatoms. The van der Waals surface area contributed by atoms with Crippen molar-refractivity contribution in [3.8, 4) is 0 Å². The minimum atomic E-state index is -3.88. The summed E-state index contributed by atoms with van der Waals surface area (Å²) in [6.45, 7) is 0.323. The van der Waals surface area contributed by atoms with Gasteiger partial charge in [0.05, 0.1) is 23.2 Å². The number of nitrogens with zero attached hydrogens (tertiary/aromatic N) is 2. The second-order valence-electron chi connectivity index (χ2n) is 7.00. The van der Waals surface area contributed by atoms with E-state index >= 15 is 0 Å². The standard InChI is InChI=1S/C21H20ClN3O8S/c22-18-7-4-16(13-19(18)34(30,31)24-9-11-32-12-10-24)23-20(26)14-33-21(27)8-3-15-1-5-17(6-2-15)25(28)29/h1-8,13H,9-12,14H2,(H,23,26)/b8-3+. The molecule has 1 aliphatic heterocycles. The molecule has 0 aliphatic carbocycles. The van der Waals surface area contributed by atoms with Crippen molar-refractivity contribution in [2.75, 3.05) is 38.2 Å². The number of morpholine rings is 1. The van der Waals surface area contributed by atoms with Gasteiger partial charge in [-0.15, -0.1) is 0 Å². The molecule has 0 atom stereocenters. The van der Waals surface area contributed by atoms with Gasteiger partial charge in [0.25, 0.3) is 11.6 Å². The number of carbonyl (C=O) groups excluding carboxylic acids is 2. The van der Waals surface area contributed by atoms with Gasteiger partial charge < -0.3 is 14.8 Å². The van der Waals surface area contributed by atoms with E-state index < -0.39 is 33.4 Å². The van der Waals surface area contributed by atoms with E-state index in [2.05, 4.69) is 5.32 Å². The molecule has 1 amide bonds. The Labute approximate surface area is 200 Å². The molecule has 1 aliphatic rings. The molecule has 0 spiro atoms. The maximum atomic E-state index is 12.9. The van der Waals surface area contributed by atoms with Crippen molar-refractivity contribution in [1.82, 2.24) is 4.31 Å². The third-order valence-corrected chi connectivity index (χ3v) is 7.04. The molecule has 3 rings (SSSR count). The van der Waals surface area contributed by atoms with Crippen LogP contribution >= 0.6 is 11.6 Å². The summed E-state index contributed by atoms with van der Waals surface area (Å²) < 4.78 is 37.0. The van der Waals surface area contributed by atoms with Crippen LogP contribution in [0.3, 0.4) is 0 Å². The van der Waals surface area contributed by atoms with Crippen molar-refractivity contribution in [3.05, 3.63) is 69.2 Å². The summed E-state index contributed by atoms with van der Waals surface area (Å²) in [6, 6.07) is 9.51. The average molecular weight is 510 g/mol. The number of hydrogen-bond acceptors (Lipinski definition) is 8. The van der Waals surface area contributed by atoms with Gasteiger partial charge in [-0.2, -0.15) is 4.31 Å². The van der Waals surface area contributed by atoms with Crippen LogP contribution in [0.4, 0.5) is 11.4 Å². The zero-order chi connectivity index (χ0) is 24.7. The summed E-state index contributed by atoms with van der Waals surface area (Å²) in [4.78, 5) is 34.0. The fourth-order valence-corrected chi connectivity index (χ4v) is 4.87. The molecule has 11 nitrogen and oxygen atoms in total. The molecule has 1 N–H and O–H groups in total. The molecule has 0 unspecified atom stereocenters. The number of nitro groups is 1. The van der Waals surface area contributed by atoms with Gasteiger partial charge in [0.1, 0.15) is 4.90 Å². The first-order chi connectivity index (χ1) is 16.2. The van der Waals surface area contributed by atoms with Crippen molar-refractivity contribution in [2.45, 2.75) is 4.90 Å². The lowest BCUT2D eigenvalue weighted by atomic mass is 10.2. The van der Waals surface area contributed by atoms with Crippen LogP contribution in [-0.2, 0) is 29.1 Å². The van der Waals surface area contributed by atoms with E-state index in [1.165, 1.54) is 52.8 Å². The number of benzene rings is 2. The predicted octanol–water partition coefficient (Wildman–Crippen LogP) is 2.46. The second kappa shape index (κ2) is 11.2. The Bertz CT molecular complexity index is 1210. The molecule has 1 saturated heterocycles. The molecule has 0 aromatic heterocycles. The number of amides is 1. The largest absolute Gasteiger partial charge is 0.452 e. The van der Waals surface area contributed by atoms with Gasteiger partial charge in [0, 0.05) is 37.0 Å². The molecule has 180 valence electrons. The predicted molar refractivity (Wildman–Crippen MR) is 123 cm³/mol. The number of ether oxygens (including phenoxy) is 2. The number of sulfonamides is 1. The van der Waals surface area contributed by atoms with E-state index in [1.54, 1.807) is 0 Å². The average Bonchev–Trinajstić information content (AvgIpc) is 2.83. The molecule has 0 saturated carbocycles. The number of esters is 1. The van der Waals surface area contributed by atoms with Crippen LogP contribution in [0.2, 0.25) is 5.02 Å². The molecular formula is C21H20ClN3O8S. The Balaban J connectivity index is 1.57. The van der Waals surface area contributed by atoms with Crippen LogP contribution < -0.4 is 5.32 Å². The zero-order valence-electron chi connectivity index (χ0n) is 17.7. The summed E-state index contributed by atoms with van der Waals surface area (Å²) in [5.41, 5.74) is 0.611. The van der Waals surface area contributed by atoms with E-state index in [0.29, 0.717) is 5.56 Å². The van der Waals surface area contributed by atoms with E-state index in [4.69, 9.17) is 21.1 Å². The minimum Gasteiger partial charge on any atom is -0.452 e. The maximum Gasteiger partial charge on any atom is 0.331 e. The lowest BCUT2D eigenvalue weighted by molar-refractivity contribution is -0.384. The molecule has 34 heavy (non-hydrogen) atoms. The van der Waals surface area contributed by atoms with Gasteiger partial charge in [-0.05, 0) is 42.0 Å². The van der Waals surface area contributed by atoms with Gasteiger partial charge in [-0.25, -0.2) is 13.2 Å². The van der Waals surface area contributed by atoms with Gasteiger partial charge in [0.15, 0.2) is 6.61 Å². The summed E-state index contributed by atoms with van der Waals surface area (Å²) in [5, 5.41) is 13.1. The molecule has 2 aromatic rings. The third kappa shape index (κ3) is 6.60. The van der Waals surface area contributed by atoms with E-state index in [-0.39, 0.29) is 47.6 Å². The molecule has 0 radical (unpaired) electrons. The number of nitrogens with one attached hydrogen (secondary N) is 1. The quantitative estimate of drug-likeness (QED) is 0.247. The first-order valence-electron chi connectivity index (χ1n) is 9.93. The molecule has 2 aromatic carbocycles. The lowest BCUT2D eigenvalue weighted by Gasteiger charge is -2.26. The molecule has 1 heterocycles. The number of non-ortho nitro benzene ring substituents is 1. The van der Waals surface area contributed by atoms with Crippen LogP contribution in [-0.4, -0.2) is 62.4 Å². The van der Waals surface area contributed by atoms with Crippen LogP contribution in [0, 0.1) is 10.1 Å². The fourth-order valence-electron chi connectivity index (χ4n) is 2.96. The van der Waals surface area contributed by atoms with Gasteiger partial charge in [0.2, 0.25) is 10.0 Å². The monoisotopic (exact) mass is 509 g/mol. The first-order valence-corrected chi connectivity index (χ1v) is 11.8. The van der Waals surface area contributed by atoms with E-state index in [1.807, 2.05) is 0 Å². The Kier molecular flexibility index (Phi) is 8.34. The van der Waals surface area contributed by atoms with E-state index in [0.717, 1.165) is 6.08 Å². The van der Waals surface area contributed by atoms with Crippen molar-refractivity contribution in [3.63, 3.8) is 0 Å². The van der Waals surface area contributed by atoms with Crippen LogP contribution in [0.15, 0.2) is 53.4 Å². The van der Waals surface area contributed by atoms with Crippen LogP contribution in [0.25, 0.3) is 6.08 Å². The van der Waals surface area contributed by atoms with Crippen molar-refractivity contribution >= 4 is 51.0 Å². The first kappa shape index (κ1) is 25.3.